The van der Waals surface area contributed by atoms with Crippen molar-refractivity contribution in [2.24, 2.45) is 0 Å². The topological polar surface area (TPSA) is 70.8 Å². The van der Waals surface area contributed by atoms with Gasteiger partial charge in [0.15, 0.2) is 5.82 Å². The van der Waals surface area contributed by atoms with Crippen LogP contribution in [0.1, 0.15) is 44.5 Å². The van der Waals surface area contributed by atoms with E-state index in [0.717, 1.165) is 24.1 Å². The zero-order chi connectivity index (χ0) is 14.5. The van der Waals surface area contributed by atoms with E-state index in [9.17, 15) is 5.26 Å². The van der Waals surface area contributed by atoms with Gasteiger partial charge in [-0.25, -0.2) is 0 Å². The summed E-state index contributed by atoms with van der Waals surface area (Å²) in [5.74, 6) is 0.543. The van der Waals surface area contributed by atoms with Crippen molar-refractivity contribution < 1.29 is 4.74 Å². The van der Waals surface area contributed by atoms with Crippen LogP contribution in [0, 0.1) is 11.3 Å². The Morgan fingerprint density at radius 1 is 1.26 bits per heavy atom. The maximum atomic E-state index is 9.35. The molecule has 0 saturated heterocycles. The van der Waals surface area contributed by atoms with E-state index in [1.54, 1.807) is 7.11 Å². The molecule has 5 nitrogen and oxygen atoms in total. The molecule has 0 amide bonds. The van der Waals surface area contributed by atoms with Crippen molar-refractivity contribution in [1.29, 1.82) is 5.26 Å². The lowest BCUT2D eigenvalue weighted by Crippen LogP contribution is -2.32. The summed E-state index contributed by atoms with van der Waals surface area (Å²) in [4.78, 5) is 0. The molecule has 0 unspecified atom stereocenters. The molecule has 0 aromatic carbocycles. The van der Waals surface area contributed by atoms with Crippen LogP contribution in [0.5, 0.6) is 0 Å². The average Bonchev–Trinajstić information content (AvgIpc) is 2.43. The van der Waals surface area contributed by atoms with Crippen molar-refractivity contribution in [3.8, 4) is 6.07 Å². The molecule has 0 aliphatic heterocycles. The molecule has 1 rings (SSSR count). The standard InChI is InChI=1S/C14H22N4O/c1-6-10-11(8-15)13(18-17-12(10)7-2)16-9-14(3,4)19-5/h6-7,9H2,1-5H3,(H,16,18). The van der Waals surface area contributed by atoms with Gasteiger partial charge in [-0.2, -0.15) is 10.4 Å². The molecule has 0 bridgehead atoms. The number of ether oxygens (including phenoxy) is 1. The minimum Gasteiger partial charge on any atom is -0.377 e. The van der Waals surface area contributed by atoms with Gasteiger partial charge in [0.2, 0.25) is 0 Å². The van der Waals surface area contributed by atoms with Gasteiger partial charge < -0.3 is 10.1 Å². The van der Waals surface area contributed by atoms with Gasteiger partial charge in [-0.1, -0.05) is 13.8 Å². The number of nitrogens with zero attached hydrogens (tertiary/aromatic N) is 3. The Kier molecular flexibility index (Phi) is 5.25. The Bertz CT molecular complexity index is 477. The predicted octanol–water partition coefficient (Wildman–Crippen LogP) is 2.31. The summed E-state index contributed by atoms with van der Waals surface area (Å²) in [6.07, 6.45) is 1.57. The fourth-order valence-corrected chi connectivity index (χ4v) is 1.79. The van der Waals surface area contributed by atoms with E-state index in [2.05, 4.69) is 21.6 Å². The average molecular weight is 262 g/mol. The van der Waals surface area contributed by atoms with Crippen molar-refractivity contribution in [3.63, 3.8) is 0 Å². The molecule has 1 heterocycles. The first-order chi connectivity index (χ1) is 8.99. The van der Waals surface area contributed by atoms with Gasteiger partial charge in [-0.05, 0) is 32.3 Å². The second-order valence-electron chi connectivity index (χ2n) is 4.99. The second kappa shape index (κ2) is 6.48. The van der Waals surface area contributed by atoms with Gasteiger partial charge in [-0.3, -0.25) is 0 Å². The number of hydrogen-bond acceptors (Lipinski definition) is 5. The van der Waals surface area contributed by atoms with Gasteiger partial charge in [-0.15, -0.1) is 5.10 Å². The molecule has 1 N–H and O–H groups in total. The van der Waals surface area contributed by atoms with Gasteiger partial charge in [0.1, 0.15) is 11.6 Å². The summed E-state index contributed by atoms with van der Waals surface area (Å²) in [6, 6.07) is 2.24. The highest BCUT2D eigenvalue weighted by atomic mass is 16.5. The van der Waals surface area contributed by atoms with Crippen LogP contribution in [0.4, 0.5) is 5.82 Å². The SMILES string of the molecule is CCc1nnc(NCC(C)(C)OC)c(C#N)c1CC. The highest BCUT2D eigenvalue weighted by Gasteiger charge is 2.19. The highest BCUT2D eigenvalue weighted by molar-refractivity contribution is 5.56. The van der Waals surface area contributed by atoms with E-state index in [4.69, 9.17) is 4.74 Å². The minimum atomic E-state index is -0.315. The summed E-state index contributed by atoms with van der Waals surface area (Å²) < 4.78 is 5.34. The minimum absolute atomic E-state index is 0.315. The summed E-state index contributed by atoms with van der Waals surface area (Å²) in [7, 11) is 1.66. The maximum Gasteiger partial charge on any atom is 0.167 e. The molecule has 0 atom stereocenters. The first-order valence-electron chi connectivity index (χ1n) is 6.56. The lowest BCUT2D eigenvalue weighted by molar-refractivity contribution is 0.0343. The molecule has 5 heteroatoms. The van der Waals surface area contributed by atoms with Crippen LogP contribution in [0.15, 0.2) is 0 Å². The summed E-state index contributed by atoms with van der Waals surface area (Å²) in [6.45, 7) is 8.56. The quantitative estimate of drug-likeness (QED) is 0.851. The Labute approximate surface area is 115 Å². The number of rotatable bonds is 6. The number of aryl methyl sites for hydroxylation is 1. The van der Waals surface area contributed by atoms with Gasteiger partial charge >= 0.3 is 0 Å². The third-order valence-electron chi connectivity index (χ3n) is 3.19. The van der Waals surface area contributed by atoms with Crippen LogP contribution >= 0.6 is 0 Å². The number of nitrogens with one attached hydrogen (secondary N) is 1. The molecule has 0 fully saturated rings. The van der Waals surface area contributed by atoms with Crippen LogP contribution in [0.2, 0.25) is 0 Å². The third kappa shape index (κ3) is 3.65. The highest BCUT2D eigenvalue weighted by Crippen LogP contribution is 2.20. The van der Waals surface area contributed by atoms with Crippen molar-refractivity contribution >= 4 is 5.82 Å². The number of methoxy groups -OCH3 is 1. The lowest BCUT2D eigenvalue weighted by atomic mass is 10.0. The second-order valence-corrected chi connectivity index (χ2v) is 4.99. The molecular formula is C14H22N4O. The smallest absolute Gasteiger partial charge is 0.167 e. The number of hydrogen-bond donors (Lipinski definition) is 1. The first-order valence-corrected chi connectivity index (χ1v) is 6.56. The summed E-state index contributed by atoms with van der Waals surface area (Å²) in [5.41, 5.74) is 2.17. The third-order valence-corrected chi connectivity index (χ3v) is 3.19. The van der Waals surface area contributed by atoms with E-state index in [1.807, 2.05) is 27.7 Å². The molecule has 0 spiro atoms. The molecule has 0 aliphatic rings. The number of anilines is 1. The number of nitriles is 1. The van der Waals surface area contributed by atoms with E-state index < -0.39 is 0 Å². The Hall–Kier alpha value is -1.67. The fourth-order valence-electron chi connectivity index (χ4n) is 1.79. The van der Waals surface area contributed by atoms with E-state index >= 15 is 0 Å². The molecule has 19 heavy (non-hydrogen) atoms. The zero-order valence-corrected chi connectivity index (χ0v) is 12.4. The Balaban J connectivity index is 3.06. The monoisotopic (exact) mass is 262 g/mol. The van der Waals surface area contributed by atoms with Crippen LogP contribution in [0.25, 0.3) is 0 Å². The van der Waals surface area contributed by atoms with Crippen molar-refractivity contribution in [2.45, 2.75) is 46.1 Å². The van der Waals surface area contributed by atoms with Crippen LogP contribution < -0.4 is 5.32 Å². The fraction of sp³-hybridized carbons (Fsp3) is 0.643. The summed E-state index contributed by atoms with van der Waals surface area (Å²) >= 11 is 0. The predicted molar refractivity (Wildman–Crippen MR) is 75.1 cm³/mol. The van der Waals surface area contributed by atoms with Crippen molar-refractivity contribution in [1.82, 2.24) is 10.2 Å². The van der Waals surface area contributed by atoms with Crippen molar-refractivity contribution in [2.75, 3.05) is 19.0 Å². The molecule has 0 saturated carbocycles. The van der Waals surface area contributed by atoms with Gasteiger partial charge in [0.25, 0.3) is 0 Å². The molecule has 0 radical (unpaired) electrons. The Morgan fingerprint density at radius 3 is 2.42 bits per heavy atom. The lowest BCUT2D eigenvalue weighted by Gasteiger charge is -2.23. The molecule has 0 aliphatic carbocycles. The van der Waals surface area contributed by atoms with E-state index in [1.165, 1.54) is 0 Å². The maximum absolute atomic E-state index is 9.35. The normalized spacial score (nSPS) is 11.2. The van der Waals surface area contributed by atoms with Crippen LogP contribution in [0.3, 0.4) is 0 Å². The Morgan fingerprint density at radius 2 is 1.95 bits per heavy atom. The first kappa shape index (κ1) is 15.4. The largest absolute Gasteiger partial charge is 0.377 e. The molecule has 1 aromatic rings. The van der Waals surface area contributed by atoms with E-state index in [-0.39, 0.29) is 5.60 Å². The molecule has 1 aromatic heterocycles. The molecule has 104 valence electrons. The van der Waals surface area contributed by atoms with Gasteiger partial charge in [0, 0.05) is 13.7 Å². The molecular weight excluding hydrogens is 240 g/mol. The number of aromatic nitrogens is 2. The van der Waals surface area contributed by atoms with Crippen molar-refractivity contribution in [3.05, 3.63) is 16.8 Å². The summed E-state index contributed by atoms with van der Waals surface area (Å²) in [5, 5.41) is 20.8. The van der Waals surface area contributed by atoms with Crippen LogP contribution in [-0.4, -0.2) is 29.5 Å². The van der Waals surface area contributed by atoms with Crippen LogP contribution in [-0.2, 0) is 17.6 Å². The zero-order valence-electron chi connectivity index (χ0n) is 12.4. The van der Waals surface area contributed by atoms with Gasteiger partial charge in [0.05, 0.1) is 11.3 Å². The van der Waals surface area contributed by atoms with E-state index in [0.29, 0.717) is 17.9 Å².